The van der Waals surface area contributed by atoms with Crippen LogP contribution in [0.25, 0.3) is 0 Å². The number of nitrogens with zero attached hydrogens (tertiary/aromatic N) is 1. The smallest absolute Gasteiger partial charge is 0.0994 e. The van der Waals surface area contributed by atoms with Crippen molar-refractivity contribution in [3.05, 3.63) is 48.0 Å². The summed E-state index contributed by atoms with van der Waals surface area (Å²) in [4.78, 5) is 0. The van der Waals surface area contributed by atoms with E-state index in [-0.39, 0.29) is 0 Å². The van der Waals surface area contributed by atoms with Gasteiger partial charge in [0.2, 0.25) is 0 Å². The molecule has 0 bridgehead atoms. The van der Waals surface area contributed by atoms with Crippen LogP contribution in [0.3, 0.4) is 0 Å². The molecule has 72 valence electrons. The molecule has 0 aliphatic carbocycles. The number of rotatable bonds is 4. The Hall–Kier alpha value is -1.55. The van der Waals surface area contributed by atoms with Crippen LogP contribution in [-0.2, 0) is 6.42 Å². The van der Waals surface area contributed by atoms with Crippen LogP contribution in [0.5, 0.6) is 0 Å². The second-order valence-electron chi connectivity index (χ2n) is 3.60. The van der Waals surface area contributed by atoms with Crippen LogP contribution in [0.15, 0.2) is 36.9 Å². The van der Waals surface area contributed by atoms with Crippen molar-refractivity contribution < 1.29 is 0 Å². The van der Waals surface area contributed by atoms with E-state index in [0.29, 0.717) is 5.92 Å². The summed E-state index contributed by atoms with van der Waals surface area (Å²) in [6, 6.07) is 10.0. The van der Waals surface area contributed by atoms with Gasteiger partial charge in [-0.1, -0.05) is 31.2 Å². The highest BCUT2D eigenvalue weighted by molar-refractivity contribution is 5.37. The van der Waals surface area contributed by atoms with Crippen molar-refractivity contribution in [2.45, 2.75) is 19.8 Å². The zero-order valence-corrected chi connectivity index (χ0v) is 8.53. The van der Waals surface area contributed by atoms with Crippen molar-refractivity contribution in [1.29, 1.82) is 5.26 Å². The predicted octanol–water partition coefficient (Wildman–Crippen LogP) is 3.31. The van der Waals surface area contributed by atoms with Crippen molar-refractivity contribution in [3.8, 4) is 6.07 Å². The first-order chi connectivity index (χ1) is 6.77. The molecule has 14 heavy (non-hydrogen) atoms. The van der Waals surface area contributed by atoms with Gasteiger partial charge in [0.25, 0.3) is 0 Å². The van der Waals surface area contributed by atoms with Crippen molar-refractivity contribution in [1.82, 2.24) is 0 Å². The third kappa shape index (κ3) is 2.74. The Bertz CT molecular complexity index is 346. The zero-order valence-electron chi connectivity index (χ0n) is 8.53. The molecule has 0 aliphatic rings. The third-order valence-corrected chi connectivity index (χ3v) is 2.28. The molecule has 1 unspecified atom stereocenters. The summed E-state index contributed by atoms with van der Waals surface area (Å²) in [7, 11) is 0. The summed E-state index contributed by atoms with van der Waals surface area (Å²) in [6.45, 7) is 5.90. The molecule has 0 heterocycles. The minimum Gasteiger partial charge on any atom is -0.192 e. The molecular formula is C13H15N. The first-order valence-corrected chi connectivity index (χ1v) is 4.86. The minimum absolute atomic E-state index is 0.557. The number of nitriles is 1. The second-order valence-corrected chi connectivity index (χ2v) is 3.60. The Morgan fingerprint density at radius 1 is 1.50 bits per heavy atom. The van der Waals surface area contributed by atoms with Crippen molar-refractivity contribution in [2.24, 2.45) is 5.92 Å². The lowest BCUT2D eigenvalue weighted by atomic mass is 9.95. The van der Waals surface area contributed by atoms with E-state index in [1.807, 2.05) is 30.3 Å². The highest BCUT2D eigenvalue weighted by atomic mass is 14.2. The third-order valence-electron chi connectivity index (χ3n) is 2.28. The molecule has 1 nitrogen and oxygen atoms in total. The second kappa shape index (κ2) is 5.24. The molecule has 0 aromatic heterocycles. The molecule has 1 rings (SSSR count). The first kappa shape index (κ1) is 10.5. The summed E-state index contributed by atoms with van der Waals surface area (Å²) in [6.07, 6.45) is 3.88. The first-order valence-electron chi connectivity index (χ1n) is 4.86. The monoisotopic (exact) mass is 185 g/mol. The summed E-state index contributed by atoms with van der Waals surface area (Å²) >= 11 is 0. The Labute approximate surface area is 85.7 Å². The van der Waals surface area contributed by atoms with Crippen LogP contribution in [0.4, 0.5) is 0 Å². The quantitative estimate of drug-likeness (QED) is 0.660. The van der Waals surface area contributed by atoms with E-state index in [2.05, 4.69) is 19.6 Å². The standard InChI is InChI=1S/C13H15N/c1-3-6-11(2)9-12-7-4-5-8-13(12)10-14/h3-5,7-8,11H,1,6,9H2,2H3. The van der Waals surface area contributed by atoms with E-state index in [1.54, 1.807) is 0 Å². The van der Waals surface area contributed by atoms with Gasteiger partial charge in [0.15, 0.2) is 0 Å². The van der Waals surface area contributed by atoms with Crippen LogP contribution in [0, 0.1) is 17.2 Å². The zero-order chi connectivity index (χ0) is 10.4. The van der Waals surface area contributed by atoms with E-state index in [4.69, 9.17) is 5.26 Å². The van der Waals surface area contributed by atoms with E-state index >= 15 is 0 Å². The molecule has 0 spiro atoms. The summed E-state index contributed by atoms with van der Waals surface area (Å²) in [5, 5.41) is 8.89. The minimum atomic E-state index is 0.557. The van der Waals surface area contributed by atoms with Crippen LogP contribution >= 0.6 is 0 Å². The van der Waals surface area contributed by atoms with Gasteiger partial charge in [-0.3, -0.25) is 0 Å². The van der Waals surface area contributed by atoms with Gasteiger partial charge in [-0.2, -0.15) is 5.26 Å². The van der Waals surface area contributed by atoms with Crippen LogP contribution in [-0.4, -0.2) is 0 Å². The maximum absolute atomic E-state index is 8.89. The molecule has 1 atom stereocenters. The van der Waals surface area contributed by atoms with Gasteiger partial charge >= 0.3 is 0 Å². The molecule has 1 aromatic carbocycles. The Kier molecular flexibility index (Phi) is 3.94. The van der Waals surface area contributed by atoms with Gasteiger partial charge in [0.05, 0.1) is 11.6 Å². The molecule has 1 aromatic rings. The molecule has 0 saturated heterocycles. The van der Waals surface area contributed by atoms with E-state index in [0.717, 1.165) is 24.0 Å². The number of benzene rings is 1. The number of hydrogen-bond donors (Lipinski definition) is 0. The highest BCUT2D eigenvalue weighted by Gasteiger charge is 2.05. The largest absolute Gasteiger partial charge is 0.192 e. The average Bonchev–Trinajstić information content (AvgIpc) is 2.19. The van der Waals surface area contributed by atoms with Crippen molar-refractivity contribution >= 4 is 0 Å². The summed E-state index contributed by atoms with van der Waals surface area (Å²) in [5.74, 6) is 0.557. The van der Waals surface area contributed by atoms with Gasteiger partial charge in [-0.15, -0.1) is 6.58 Å². The van der Waals surface area contributed by atoms with Gasteiger partial charge in [-0.25, -0.2) is 0 Å². The lowest BCUT2D eigenvalue weighted by Crippen LogP contribution is -2.00. The van der Waals surface area contributed by atoms with Crippen LogP contribution in [0.1, 0.15) is 24.5 Å². The van der Waals surface area contributed by atoms with Crippen molar-refractivity contribution in [2.75, 3.05) is 0 Å². The maximum Gasteiger partial charge on any atom is 0.0994 e. The van der Waals surface area contributed by atoms with E-state index < -0.39 is 0 Å². The Morgan fingerprint density at radius 2 is 2.21 bits per heavy atom. The van der Waals surface area contributed by atoms with Crippen molar-refractivity contribution in [3.63, 3.8) is 0 Å². The summed E-state index contributed by atoms with van der Waals surface area (Å²) < 4.78 is 0. The molecular weight excluding hydrogens is 170 g/mol. The number of allylic oxidation sites excluding steroid dienone is 1. The van der Waals surface area contributed by atoms with Crippen LogP contribution in [0.2, 0.25) is 0 Å². The molecule has 0 N–H and O–H groups in total. The van der Waals surface area contributed by atoms with E-state index in [1.165, 1.54) is 0 Å². The SMILES string of the molecule is C=CCC(C)Cc1ccccc1C#N. The fourth-order valence-electron chi connectivity index (χ4n) is 1.55. The summed E-state index contributed by atoms with van der Waals surface area (Å²) in [5.41, 5.74) is 1.94. The fraction of sp³-hybridized carbons (Fsp3) is 0.308. The van der Waals surface area contributed by atoms with Gasteiger partial charge in [0, 0.05) is 0 Å². The predicted molar refractivity (Wildman–Crippen MR) is 58.8 cm³/mol. The normalized spacial score (nSPS) is 11.7. The number of hydrogen-bond acceptors (Lipinski definition) is 1. The molecule has 1 heteroatoms. The molecule has 0 fully saturated rings. The highest BCUT2D eigenvalue weighted by Crippen LogP contribution is 2.15. The molecule has 0 aliphatic heterocycles. The van der Waals surface area contributed by atoms with Crippen LogP contribution < -0.4 is 0 Å². The molecule has 0 radical (unpaired) electrons. The van der Waals surface area contributed by atoms with E-state index in [9.17, 15) is 0 Å². The lowest BCUT2D eigenvalue weighted by molar-refractivity contribution is 0.590. The topological polar surface area (TPSA) is 23.8 Å². The fourth-order valence-corrected chi connectivity index (χ4v) is 1.55. The van der Waals surface area contributed by atoms with Gasteiger partial charge in [0.1, 0.15) is 0 Å². The maximum atomic E-state index is 8.89. The van der Waals surface area contributed by atoms with Gasteiger partial charge < -0.3 is 0 Å². The Morgan fingerprint density at radius 3 is 2.86 bits per heavy atom. The Balaban J connectivity index is 2.76. The average molecular weight is 185 g/mol. The molecule has 0 amide bonds. The van der Waals surface area contributed by atoms with Gasteiger partial charge in [-0.05, 0) is 30.4 Å². The molecule has 0 saturated carbocycles. The lowest BCUT2D eigenvalue weighted by Gasteiger charge is -2.09.